The summed E-state index contributed by atoms with van der Waals surface area (Å²) >= 11 is 12.4. The normalized spacial score (nSPS) is 17.5. The zero-order chi connectivity index (χ0) is 24.0. The molecule has 6 heteroatoms. The van der Waals surface area contributed by atoms with Gasteiger partial charge in [0.1, 0.15) is 5.76 Å². The van der Waals surface area contributed by atoms with Crippen LogP contribution in [-0.2, 0) is 9.59 Å². The molecule has 168 valence electrons. The molecular weight excluding hydrogens is 469 g/mol. The topological polar surface area (TPSA) is 57.6 Å². The van der Waals surface area contributed by atoms with Gasteiger partial charge in [-0.05, 0) is 41.5 Å². The van der Waals surface area contributed by atoms with Gasteiger partial charge in [-0.15, -0.1) is 0 Å². The maximum absolute atomic E-state index is 13.4. The molecule has 4 aromatic carbocycles. The highest BCUT2D eigenvalue weighted by Crippen LogP contribution is 2.44. The number of Topliss-reactive ketones (excluding diaryl/α,β-unsaturated/α-hetero) is 1. The number of benzene rings is 4. The number of carbonyl (C=O) groups excluding carboxylic acids is 2. The average molecular weight is 488 g/mol. The Balaban J connectivity index is 1.80. The van der Waals surface area contributed by atoms with Gasteiger partial charge in [0, 0.05) is 21.3 Å². The molecule has 1 amide bonds. The molecule has 1 fully saturated rings. The number of aryl methyl sites for hydroxylation is 1. The van der Waals surface area contributed by atoms with Gasteiger partial charge >= 0.3 is 0 Å². The van der Waals surface area contributed by atoms with Crippen LogP contribution < -0.4 is 4.90 Å². The Bertz CT molecular complexity index is 1480. The summed E-state index contributed by atoms with van der Waals surface area (Å²) < 4.78 is 0. The summed E-state index contributed by atoms with van der Waals surface area (Å²) in [6, 6.07) is 24.4. The molecule has 1 aliphatic rings. The second kappa shape index (κ2) is 8.64. The Morgan fingerprint density at radius 3 is 2.26 bits per heavy atom. The molecule has 0 aliphatic carbocycles. The largest absolute Gasteiger partial charge is 0.507 e. The van der Waals surface area contributed by atoms with Crippen molar-refractivity contribution in [2.24, 2.45) is 0 Å². The molecule has 1 heterocycles. The highest BCUT2D eigenvalue weighted by atomic mass is 35.5. The van der Waals surface area contributed by atoms with Crippen molar-refractivity contribution in [3.05, 3.63) is 117 Å². The van der Waals surface area contributed by atoms with E-state index < -0.39 is 17.7 Å². The third-order valence-corrected chi connectivity index (χ3v) is 6.41. The number of nitrogens with zero attached hydrogens (tertiary/aromatic N) is 1. The first-order valence-electron chi connectivity index (χ1n) is 10.7. The molecule has 5 rings (SSSR count). The van der Waals surface area contributed by atoms with E-state index in [-0.39, 0.29) is 11.3 Å². The van der Waals surface area contributed by atoms with Gasteiger partial charge in [0.2, 0.25) is 0 Å². The number of carbonyl (C=O) groups is 2. The zero-order valence-corrected chi connectivity index (χ0v) is 19.6. The minimum atomic E-state index is -0.853. The van der Waals surface area contributed by atoms with Crippen molar-refractivity contribution in [1.82, 2.24) is 0 Å². The zero-order valence-electron chi connectivity index (χ0n) is 18.1. The first-order chi connectivity index (χ1) is 16.3. The van der Waals surface area contributed by atoms with Crippen molar-refractivity contribution in [3.63, 3.8) is 0 Å². The number of halogens is 2. The Morgan fingerprint density at radius 1 is 0.853 bits per heavy atom. The van der Waals surface area contributed by atoms with Crippen molar-refractivity contribution >= 4 is 57.1 Å². The van der Waals surface area contributed by atoms with Crippen LogP contribution in [0.4, 0.5) is 5.69 Å². The second-order valence-corrected chi connectivity index (χ2v) is 9.11. The number of anilines is 1. The van der Waals surface area contributed by atoms with E-state index >= 15 is 0 Å². The summed E-state index contributed by atoms with van der Waals surface area (Å²) in [7, 11) is 0. The molecule has 0 radical (unpaired) electrons. The van der Waals surface area contributed by atoms with E-state index in [1.54, 1.807) is 24.3 Å². The van der Waals surface area contributed by atoms with Crippen molar-refractivity contribution in [2.45, 2.75) is 13.0 Å². The minimum Gasteiger partial charge on any atom is -0.507 e. The Labute approximate surface area is 206 Å². The van der Waals surface area contributed by atoms with Gasteiger partial charge < -0.3 is 5.11 Å². The van der Waals surface area contributed by atoms with E-state index in [0.717, 1.165) is 16.3 Å². The van der Waals surface area contributed by atoms with Crippen LogP contribution in [0, 0.1) is 6.92 Å². The van der Waals surface area contributed by atoms with Gasteiger partial charge in [-0.25, -0.2) is 0 Å². The van der Waals surface area contributed by atoms with Crippen molar-refractivity contribution < 1.29 is 14.7 Å². The second-order valence-electron chi connectivity index (χ2n) is 8.24. The molecule has 0 aromatic heterocycles. The highest BCUT2D eigenvalue weighted by Gasteiger charge is 2.47. The Hall–Kier alpha value is -3.60. The molecule has 0 bridgehead atoms. The van der Waals surface area contributed by atoms with Crippen molar-refractivity contribution in [1.29, 1.82) is 0 Å². The molecule has 1 N–H and O–H groups in total. The number of aliphatic hydroxyl groups is 1. The summed E-state index contributed by atoms with van der Waals surface area (Å²) in [4.78, 5) is 28.1. The molecule has 1 saturated heterocycles. The number of hydrogen-bond donors (Lipinski definition) is 1. The predicted octanol–water partition coefficient (Wildman–Crippen LogP) is 7.08. The Kier molecular flexibility index (Phi) is 5.64. The first kappa shape index (κ1) is 22.2. The molecule has 1 unspecified atom stereocenters. The number of aliphatic hydroxyl groups excluding tert-OH is 1. The summed E-state index contributed by atoms with van der Waals surface area (Å²) in [6.07, 6.45) is 0. The Morgan fingerprint density at radius 2 is 1.53 bits per heavy atom. The lowest BCUT2D eigenvalue weighted by molar-refractivity contribution is -0.132. The maximum atomic E-state index is 13.4. The summed E-state index contributed by atoms with van der Waals surface area (Å²) in [5, 5.41) is 13.9. The van der Waals surface area contributed by atoms with Crippen LogP contribution in [0.3, 0.4) is 0 Å². The van der Waals surface area contributed by atoms with E-state index in [2.05, 4.69) is 0 Å². The highest BCUT2D eigenvalue weighted by molar-refractivity contribution is 6.52. The first-order valence-corrected chi connectivity index (χ1v) is 11.4. The third kappa shape index (κ3) is 3.75. The SMILES string of the molecule is Cc1cccc(C2/C(=C(/O)c3cccc4ccccc34)C(=O)C(=O)N2c2cc(Cl)cc(Cl)c2)c1. The summed E-state index contributed by atoms with van der Waals surface area (Å²) in [6.45, 7) is 1.93. The van der Waals surface area contributed by atoms with Crippen LogP contribution in [0.1, 0.15) is 22.7 Å². The third-order valence-electron chi connectivity index (χ3n) is 5.97. The van der Waals surface area contributed by atoms with Crippen molar-refractivity contribution in [3.8, 4) is 0 Å². The fraction of sp³-hybridized carbons (Fsp3) is 0.0714. The van der Waals surface area contributed by atoms with E-state index in [4.69, 9.17) is 23.2 Å². The van der Waals surface area contributed by atoms with E-state index in [1.165, 1.54) is 4.90 Å². The van der Waals surface area contributed by atoms with E-state index in [1.807, 2.05) is 67.6 Å². The van der Waals surface area contributed by atoms with E-state index in [0.29, 0.717) is 26.9 Å². The number of rotatable bonds is 3. The number of hydrogen-bond acceptors (Lipinski definition) is 3. The van der Waals surface area contributed by atoms with Crippen LogP contribution in [0.25, 0.3) is 16.5 Å². The average Bonchev–Trinajstić information content (AvgIpc) is 3.08. The molecule has 4 nitrogen and oxygen atoms in total. The van der Waals surface area contributed by atoms with Gasteiger partial charge in [0.25, 0.3) is 11.7 Å². The van der Waals surface area contributed by atoms with Gasteiger partial charge in [-0.2, -0.15) is 0 Å². The molecule has 1 atom stereocenters. The number of ketones is 1. The minimum absolute atomic E-state index is 0.0167. The maximum Gasteiger partial charge on any atom is 0.300 e. The smallest absolute Gasteiger partial charge is 0.300 e. The van der Waals surface area contributed by atoms with Crippen LogP contribution in [0.2, 0.25) is 10.0 Å². The van der Waals surface area contributed by atoms with Crippen LogP contribution in [-0.4, -0.2) is 16.8 Å². The molecule has 0 saturated carbocycles. The van der Waals surface area contributed by atoms with Crippen LogP contribution in [0.5, 0.6) is 0 Å². The monoisotopic (exact) mass is 487 g/mol. The quantitative estimate of drug-likeness (QED) is 0.190. The summed E-state index contributed by atoms with van der Waals surface area (Å²) in [5.41, 5.74) is 2.53. The lowest BCUT2D eigenvalue weighted by atomic mass is 9.92. The van der Waals surface area contributed by atoms with E-state index in [9.17, 15) is 14.7 Å². The molecule has 1 aliphatic heterocycles. The van der Waals surface area contributed by atoms with Gasteiger partial charge in [-0.3, -0.25) is 14.5 Å². The number of fused-ring (bicyclic) bond motifs is 1. The molecule has 34 heavy (non-hydrogen) atoms. The van der Waals surface area contributed by atoms with Gasteiger partial charge in [0.15, 0.2) is 0 Å². The molecular formula is C28H19Cl2NO3. The van der Waals surface area contributed by atoms with Gasteiger partial charge in [0.05, 0.1) is 11.6 Å². The standard InChI is InChI=1S/C28H19Cl2NO3/c1-16-6-4-9-18(12-16)25-24(26(32)23-11-5-8-17-7-2-3-10-22(17)23)27(33)28(34)31(25)21-14-19(29)13-20(30)15-21/h2-15,25,32H,1H3/b26-24-. The lowest BCUT2D eigenvalue weighted by Gasteiger charge is -2.26. The number of amides is 1. The molecule has 4 aromatic rings. The van der Waals surface area contributed by atoms with Crippen LogP contribution in [0.15, 0.2) is 90.5 Å². The fourth-order valence-electron chi connectivity index (χ4n) is 4.51. The predicted molar refractivity (Wildman–Crippen MR) is 136 cm³/mol. The molecule has 0 spiro atoms. The lowest BCUT2D eigenvalue weighted by Crippen LogP contribution is -2.29. The summed E-state index contributed by atoms with van der Waals surface area (Å²) in [5.74, 6) is -1.75. The van der Waals surface area contributed by atoms with Crippen LogP contribution >= 0.6 is 23.2 Å². The fourth-order valence-corrected chi connectivity index (χ4v) is 5.02. The van der Waals surface area contributed by atoms with Gasteiger partial charge in [-0.1, -0.05) is 95.5 Å². The van der Waals surface area contributed by atoms with Crippen molar-refractivity contribution in [2.75, 3.05) is 4.90 Å².